The van der Waals surface area contributed by atoms with E-state index in [1.807, 2.05) is 6.92 Å². The van der Waals surface area contributed by atoms with Crippen LogP contribution < -0.4 is 0 Å². The lowest BCUT2D eigenvalue weighted by Gasteiger charge is -2.36. The minimum Gasteiger partial charge on any atom is -0.389 e. The highest BCUT2D eigenvalue weighted by atomic mass is 32.2. The van der Waals surface area contributed by atoms with Gasteiger partial charge in [0.15, 0.2) is 5.03 Å². The molecule has 0 radical (unpaired) electrons. The summed E-state index contributed by atoms with van der Waals surface area (Å²) in [6.45, 7) is 8.09. The first-order valence-corrected chi connectivity index (χ1v) is 8.65. The molecular formula is C13H24N4O3S. The van der Waals surface area contributed by atoms with Gasteiger partial charge in [0, 0.05) is 39.1 Å². The maximum Gasteiger partial charge on any atom is 0.260 e. The normalized spacial score (nSPS) is 19.0. The lowest BCUT2D eigenvalue weighted by atomic mass is 10.1. The zero-order valence-electron chi connectivity index (χ0n) is 12.8. The minimum absolute atomic E-state index is 0.162. The van der Waals surface area contributed by atoms with Gasteiger partial charge in [-0.15, -0.1) is 0 Å². The topological polar surface area (TPSA) is 89.5 Å². The Kier molecular flexibility index (Phi) is 4.72. The molecule has 0 aromatic carbocycles. The number of rotatable bonds is 5. The van der Waals surface area contributed by atoms with Gasteiger partial charge in [0.05, 0.1) is 11.8 Å². The van der Waals surface area contributed by atoms with Crippen LogP contribution in [0.5, 0.6) is 0 Å². The molecule has 2 rings (SSSR count). The van der Waals surface area contributed by atoms with Crippen LogP contribution >= 0.6 is 0 Å². The highest BCUT2D eigenvalue weighted by Gasteiger charge is 2.31. The first-order valence-electron chi connectivity index (χ1n) is 7.21. The summed E-state index contributed by atoms with van der Waals surface area (Å²) in [6, 6.07) is 0. The number of piperazine rings is 1. The molecule has 120 valence electrons. The van der Waals surface area contributed by atoms with Crippen molar-refractivity contribution in [3.8, 4) is 0 Å². The number of aromatic nitrogens is 2. The van der Waals surface area contributed by atoms with E-state index in [4.69, 9.17) is 0 Å². The molecule has 1 fully saturated rings. The molecule has 2 N–H and O–H groups in total. The Labute approximate surface area is 126 Å². The van der Waals surface area contributed by atoms with Crippen LogP contribution in [-0.4, -0.2) is 71.0 Å². The smallest absolute Gasteiger partial charge is 0.260 e. The molecule has 8 heteroatoms. The third-order valence-electron chi connectivity index (χ3n) is 3.50. The van der Waals surface area contributed by atoms with Crippen molar-refractivity contribution in [3.05, 3.63) is 12.0 Å². The van der Waals surface area contributed by atoms with Crippen LogP contribution in [0.2, 0.25) is 0 Å². The van der Waals surface area contributed by atoms with Crippen molar-refractivity contribution in [2.45, 2.75) is 37.8 Å². The maximum absolute atomic E-state index is 12.5. The number of H-pyrrole nitrogens is 1. The molecule has 0 aliphatic carbocycles. The number of sulfonamides is 1. The zero-order chi connectivity index (χ0) is 15.7. The number of aromatic amines is 1. The van der Waals surface area contributed by atoms with Crippen LogP contribution in [0.25, 0.3) is 0 Å². The van der Waals surface area contributed by atoms with E-state index in [0.29, 0.717) is 45.0 Å². The van der Waals surface area contributed by atoms with Gasteiger partial charge in [-0.1, -0.05) is 6.92 Å². The van der Waals surface area contributed by atoms with Crippen molar-refractivity contribution in [1.82, 2.24) is 19.2 Å². The van der Waals surface area contributed by atoms with Crippen LogP contribution in [0.4, 0.5) is 0 Å². The zero-order valence-corrected chi connectivity index (χ0v) is 13.7. The molecule has 0 saturated carbocycles. The van der Waals surface area contributed by atoms with E-state index in [1.165, 1.54) is 10.5 Å². The number of aliphatic hydroxyl groups is 1. The maximum atomic E-state index is 12.5. The number of hydrogen-bond acceptors (Lipinski definition) is 5. The lowest BCUT2D eigenvalue weighted by molar-refractivity contribution is 0.0263. The molecule has 0 unspecified atom stereocenters. The monoisotopic (exact) mass is 316 g/mol. The van der Waals surface area contributed by atoms with Crippen LogP contribution in [0, 0.1) is 0 Å². The summed E-state index contributed by atoms with van der Waals surface area (Å²) < 4.78 is 26.5. The molecular weight excluding hydrogens is 292 g/mol. The Morgan fingerprint density at radius 2 is 1.95 bits per heavy atom. The van der Waals surface area contributed by atoms with Crippen LogP contribution in [0.15, 0.2) is 11.2 Å². The Morgan fingerprint density at radius 3 is 2.43 bits per heavy atom. The standard InChI is InChI=1S/C13H24N4O3S/c1-4-11-14-9-12(15-11)21(19,20)17-7-5-16(6-8-17)10-13(2,3)18/h9,18H,4-8,10H2,1-3H3,(H,14,15). The number of nitrogens with one attached hydrogen (secondary N) is 1. The largest absolute Gasteiger partial charge is 0.389 e. The Balaban J connectivity index is 2.01. The van der Waals surface area contributed by atoms with E-state index < -0.39 is 15.6 Å². The van der Waals surface area contributed by atoms with Crippen LogP contribution in [0.3, 0.4) is 0 Å². The van der Waals surface area contributed by atoms with Gasteiger partial charge in [0.25, 0.3) is 10.0 Å². The van der Waals surface area contributed by atoms with Crippen LogP contribution in [-0.2, 0) is 16.4 Å². The van der Waals surface area contributed by atoms with E-state index in [9.17, 15) is 13.5 Å². The average molecular weight is 316 g/mol. The van der Waals surface area contributed by atoms with Gasteiger partial charge in [-0.2, -0.15) is 4.31 Å². The fraction of sp³-hybridized carbons (Fsp3) is 0.769. The fourth-order valence-corrected chi connectivity index (χ4v) is 3.82. The van der Waals surface area contributed by atoms with Crippen molar-refractivity contribution in [3.63, 3.8) is 0 Å². The van der Waals surface area contributed by atoms with Gasteiger partial charge >= 0.3 is 0 Å². The summed E-state index contributed by atoms with van der Waals surface area (Å²) in [7, 11) is -3.49. The van der Waals surface area contributed by atoms with Crippen molar-refractivity contribution in [2.75, 3.05) is 32.7 Å². The second kappa shape index (κ2) is 6.04. The first-order chi connectivity index (χ1) is 9.72. The molecule has 1 saturated heterocycles. The van der Waals surface area contributed by atoms with Crippen molar-refractivity contribution >= 4 is 10.0 Å². The molecule has 1 aliphatic heterocycles. The fourth-order valence-electron chi connectivity index (χ4n) is 2.47. The van der Waals surface area contributed by atoms with Crippen LogP contribution in [0.1, 0.15) is 26.6 Å². The molecule has 0 spiro atoms. The predicted octanol–water partition coefficient (Wildman–Crippen LogP) is 0.0493. The molecule has 0 amide bonds. The second-order valence-corrected chi connectivity index (χ2v) is 7.95. The third-order valence-corrected chi connectivity index (χ3v) is 5.31. The summed E-state index contributed by atoms with van der Waals surface area (Å²) in [5, 5.41) is 9.98. The molecule has 2 heterocycles. The van der Waals surface area contributed by atoms with Crippen molar-refractivity contribution in [2.24, 2.45) is 0 Å². The highest BCUT2D eigenvalue weighted by Crippen LogP contribution is 2.17. The predicted molar refractivity (Wildman–Crippen MR) is 79.5 cm³/mol. The number of aryl methyl sites for hydroxylation is 1. The number of β-amino-alcohol motifs (C(OH)–C–C–N with tert-alkyl or cyclic N) is 1. The lowest BCUT2D eigenvalue weighted by Crippen LogP contribution is -2.51. The van der Waals surface area contributed by atoms with E-state index in [0.717, 1.165) is 0 Å². The highest BCUT2D eigenvalue weighted by molar-refractivity contribution is 7.89. The quantitative estimate of drug-likeness (QED) is 0.801. The number of imidazole rings is 1. The SMILES string of the molecule is CCc1ncc(S(=O)(=O)N2CCN(CC(C)(C)O)CC2)[nH]1. The molecule has 7 nitrogen and oxygen atoms in total. The van der Waals surface area contributed by atoms with Gasteiger partial charge in [0.1, 0.15) is 5.82 Å². The van der Waals surface area contributed by atoms with Gasteiger partial charge in [-0.25, -0.2) is 13.4 Å². The van der Waals surface area contributed by atoms with Gasteiger partial charge in [-0.05, 0) is 13.8 Å². The van der Waals surface area contributed by atoms with Gasteiger partial charge in [-0.3, -0.25) is 4.90 Å². The van der Waals surface area contributed by atoms with Gasteiger partial charge < -0.3 is 10.1 Å². The Morgan fingerprint density at radius 1 is 1.33 bits per heavy atom. The molecule has 1 aromatic heterocycles. The summed E-state index contributed by atoms with van der Waals surface area (Å²) in [5.41, 5.74) is -0.763. The van der Waals surface area contributed by atoms with Gasteiger partial charge in [0.2, 0.25) is 0 Å². The van der Waals surface area contributed by atoms with E-state index >= 15 is 0 Å². The van der Waals surface area contributed by atoms with Crippen molar-refractivity contribution in [1.29, 1.82) is 0 Å². The number of nitrogens with zero attached hydrogens (tertiary/aromatic N) is 3. The minimum atomic E-state index is -3.49. The summed E-state index contributed by atoms with van der Waals surface area (Å²) in [4.78, 5) is 8.99. The van der Waals surface area contributed by atoms with E-state index in [1.54, 1.807) is 13.8 Å². The summed E-state index contributed by atoms with van der Waals surface area (Å²) >= 11 is 0. The van der Waals surface area contributed by atoms with E-state index in [-0.39, 0.29) is 5.03 Å². The summed E-state index contributed by atoms with van der Waals surface area (Å²) in [6.07, 6.45) is 2.06. The number of hydrogen-bond donors (Lipinski definition) is 2. The molecule has 0 atom stereocenters. The second-order valence-electron chi connectivity index (χ2n) is 6.04. The molecule has 1 aliphatic rings. The first kappa shape index (κ1) is 16.4. The average Bonchev–Trinajstić information content (AvgIpc) is 2.87. The summed E-state index contributed by atoms with van der Waals surface area (Å²) in [5.74, 6) is 0.675. The third kappa shape index (κ3) is 4.03. The Bertz CT molecular complexity index is 568. The molecule has 1 aromatic rings. The Hall–Kier alpha value is -0.960. The van der Waals surface area contributed by atoms with Crippen molar-refractivity contribution < 1.29 is 13.5 Å². The molecule has 0 bridgehead atoms. The van der Waals surface area contributed by atoms with E-state index in [2.05, 4.69) is 14.9 Å². The molecule has 21 heavy (non-hydrogen) atoms.